The van der Waals surface area contributed by atoms with Gasteiger partial charge in [-0.25, -0.2) is 9.59 Å². The van der Waals surface area contributed by atoms with E-state index in [-0.39, 0.29) is 12.6 Å². The molecule has 2 heterocycles. The van der Waals surface area contributed by atoms with E-state index < -0.39 is 11.9 Å². The standard InChI is InChI=1S/C10H11NO4/c1-6-5-15-10(13)8-4-3-7(11(6)8)9(12)14-2/h3-4,6H,5H2,1-2H3. The Balaban J connectivity index is 2.52. The Morgan fingerprint density at radius 3 is 3.00 bits per heavy atom. The van der Waals surface area contributed by atoms with Crippen LogP contribution < -0.4 is 0 Å². The number of nitrogens with zero attached hydrogens (tertiary/aromatic N) is 1. The van der Waals surface area contributed by atoms with E-state index in [1.807, 2.05) is 6.92 Å². The quantitative estimate of drug-likeness (QED) is 0.647. The molecule has 1 aliphatic heterocycles. The van der Waals surface area contributed by atoms with Crippen molar-refractivity contribution in [2.24, 2.45) is 0 Å². The van der Waals surface area contributed by atoms with Crippen LogP contribution in [0.15, 0.2) is 12.1 Å². The molecule has 0 aliphatic carbocycles. The molecule has 0 amide bonds. The molecule has 0 aromatic carbocycles. The number of carbonyl (C=O) groups excluding carboxylic acids is 2. The fourth-order valence-electron chi connectivity index (χ4n) is 1.71. The molecular formula is C10H11NO4. The molecule has 1 atom stereocenters. The Hall–Kier alpha value is -1.78. The summed E-state index contributed by atoms with van der Waals surface area (Å²) in [4.78, 5) is 22.8. The Morgan fingerprint density at radius 1 is 1.60 bits per heavy atom. The summed E-state index contributed by atoms with van der Waals surface area (Å²) < 4.78 is 11.2. The number of cyclic esters (lactones) is 1. The average molecular weight is 209 g/mol. The van der Waals surface area contributed by atoms with Crippen molar-refractivity contribution in [1.29, 1.82) is 0 Å². The van der Waals surface area contributed by atoms with Crippen LogP contribution in [0.5, 0.6) is 0 Å². The van der Waals surface area contributed by atoms with E-state index in [4.69, 9.17) is 4.74 Å². The van der Waals surface area contributed by atoms with E-state index in [2.05, 4.69) is 4.74 Å². The lowest BCUT2D eigenvalue weighted by atomic mass is 10.3. The van der Waals surface area contributed by atoms with Crippen LogP contribution in [0.1, 0.15) is 33.9 Å². The molecule has 1 aromatic heterocycles. The van der Waals surface area contributed by atoms with Gasteiger partial charge in [0.05, 0.1) is 13.2 Å². The van der Waals surface area contributed by atoms with Gasteiger partial charge >= 0.3 is 11.9 Å². The summed E-state index contributed by atoms with van der Waals surface area (Å²) in [6.45, 7) is 2.16. The lowest BCUT2D eigenvalue weighted by Crippen LogP contribution is -2.28. The maximum absolute atomic E-state index is 11.4. The number of fused-ring (bicyclic) bond motifs is 1. The highest BCUT2D eigenvalue weighted by atomic mass is 16.5. The van der Waals surface area contributed by atoms with Crippen LogP contribution in [0.25, 0.3) is 0 Å². The number of ether oxygens (including phenoxy) is 2. The van der Waals surface area contributed by atoms with Crippen LogP contribution in [0.4, 0.5) is 0 Å². The summed E-state index contributed by atoms with van der Waals surface area (Å²) in [6.07, 6.45) is 0. The van der Waals surface area contributed by atoms with E-state index in [9.17, 15) is 9.59 Å². The van der Waals surface area contributed by atoms with Crippen molar-refractivity contribution in [2.45, 2.75) is 13.0 Å². The molecule has 1 aliphatic rings. The molecule has 0 bridgehead atoms. The van der Waals surface area contributed by atoms with Crippen LogP contribution >= 0.6 is 0 Å². The van der Waals surface area contributed by atoms with Gasteiger partial charge in [-0.05, 0) is 19.1 Å². The van der Waals surface area contributed by atoms with Crippen LogP contribution in [-0.2, 0) is 9.47 Å². The summed E-state index contributed by atoms with van der Waals surface area (Å²) in [5.74, 6) is -0.842. The van der Waals surface area contributed by atoms with Gasteiger partial charge in [0, 0.05) is 0 Å². The fourth-order valence-corrected chi connectivity index (χ4v) is 1.71. The number of methoxy groups -OCH3 is 1. The Morgan fingerprint density at radius 2 is 2.33 bits per heavy atom. The Labute approximate surface area is 86.6 Å². The molecule has 1 unspecified atom stereocenters. The number of hydrogen-bond donors (Lipinski definition) is 0. The monoisotopic (exact) mass is 209 g/mol. The second kappa shape index (κ2) is 3.42. The van der Waals surface area contributed by atoms with E-state index in [1.165, 1.54) is 7.11 Å². The second-order valence-electron chi connectivity index (χ2n) is 3.41. The average Bonchev–Trinajstić information content (AvgIpc) is 2.68. The van der Waals surface area contributed by atoms with Crippen molar-refractivity contribution in [1.82, 2.24) is 4.57 Å². The molecule has 5 nitrogen and oxygen atoms in total. The highest BCUT2D eigenvalue weighted by molar-refractivity contribution is 5.94. The largest absolute Gasteiger partial charge is 0.464 e. The van der Waals surface area contributed by atoms with E-state index in [0.717, 1.165) is 0 Å². The summed E-state index contributed by atoms with van der Waals surface area (Å²) in [7, 11) is 1.31. The molecule has 0 saturated carbocycles. The van der Waals surface area contributed by atoms with E-state index in [0.29, 0.717) is 11.4 Å². The van der Waals surface area contributed by atoms with Crippen molar-refractivity contribution < 1.29 is 19.1 Å². The molecule has 5 heteroatoms. The van der Waals surface area contributed by atoms with Crippen molar-refractivity contribution in [3.05, 3.63) is 23.5 Å². The van der Waals surface area contributed by atoms with Crippen molar-refractivity contribution in [3.8, 4) is 0 Å². The zero-order valence-electron chi connectivity index (χ0n) is 8.52. The molecular weight excluding hydrogens is 198 g/mol. The van der Waals surface area contributed by atoms with Crippen molar-refractivity contribution in [3.63, 3.8) is 0 Å². The third-order valence-electron chi connectivity index (χ3n) is 2.42. The first kappa shape index (κ1) is 9.76. The van der Waals surface area contributed by atoms with Crippen molar-refractivity contribution >= 4 is 11.9 Å². The first-order valence-corrected chi connectivity index (χ1v) is 4.62. The lowest BCUT2D eigenvalue weighted by molar-refractivity contribution is 0.0358. The number of rotatable bonds is 1. The van der Waals surface area contributed by atoms with Crippen LogP contribution in [0, 0.1) is 0 Å². The van der Waals surface area contributed by atoms with Crippen molar-refractivity contribution in [2.75, 3.05) is 13.7 Å². The minimum Gasteiger partial charge on any atom is -0.464 e. The lowest BCUT2D eigenvalue weighted by Gasteiger charge is -2.23. The summed E-state index contributed by atoms with van der Waals surface area (Å²) in [5, 5.41) is 0. The highest BCUT2D eigenvalue weighted by Gasteiger charge is 2.28. The first-order valence-electron chi connectivity index (χ1n) is 4.62. The minimum atomic E-state index is -0.442. The molecule has 80 valence electrons. The smallest absolute Gasteiger partial charge is 0.355 e. The Bertz CT molecular complexity index is 421. The third-order valence-corrected chi connectivity index (χ3v) is 2.42. The molecule has 1 aromatic rings. The minimum absolute atomic E-state index is 0.0400. The van der Waals surface area contributed by atoms with Gasteiger partial charge < -0.3 is 14.0 Å². The number of esters is 2. The van der Waals surface area contributed by atoms with Crippen LogP contribution in [-0.4, -0.2) is 30.2 Å². The van der Waals surface area contributed by atoms with Gasteiger partial charge in [0.1, 0.15) is 18.0 Å². The van der Waals surface area contributed by atoms with Gasteiger partial charge in [-0.3, -0.25) is 0 Å². The molecule has 0 fully saturated rings. The predicted octanol–water partition coefficient (Wildman–Crippen LogP) is 1.01. The fraction of sp³-hybridized carbons (Fsp3) is 0.400. The third kappa shape index (κ3) is 1.40. The molecule has 0 saturated heterocycles. The molecule has 0 radical (unpaired) electrons. The van der Waals surface area contributed by atoms with E-state index >= 15 is 0 Å². The maximum atomic E-state index is 11.4. The number of hydrogen-bond acceptors (Lipinski definition) is 4. The molecule has 15 heavy (non-hydrogen) atoms. The zero-order valence-corrected chi connectivity index (χ0v) is 8.52. The first-order chi connectivity index (χ1) is 7.15. The summed E-state index contributed by atoms with van der Waals surface area (Å²) in [5.41, 5.74) is 0.783. The van der Waals surface area contributed by atoms with Gasteiger partial charge in [0.2, 0.25) is 0 Å². The topological polar surface area (TPSA) is 57.5 Å². The van der Waals surface area contributed by atoms with Gasteiger partial charge in [-0.2, -0.15) is 0 Å². The molecule has 2 rings (SSSR count). The van der Waals surface area contributed by atoms with Crippen LogP contribution in [0.3, 0.4) is 0 Å². The van der Waals surface area contributed by atoms with Crippen LogP contribution in [0.2, 0.25) is 0 Å². The van der Waals surface area contributed by atoms with Gasteiger partial charge in [-0.15, -0.1) is 0 Å². The normalized spacial score (nSPS) is 19.3. The number of aromatic nitrogens is 1. The number of carbonyl (C=O) groups is 2. The summed E-state index contributed by atoms with van der Waals surface area (Å²) in [6, 6.07) is 3.11. The molecule has 0 N–H and O–H groups in total. The maximum Gasteiger partial charge on any atom is 0.355 e. The highest BCUT2D eigenvalue weighted by Crippen LogP contribution is 2.22. The second-order valence-corrected chi connectivity index (χ2v) is 3.41. The predicted molar refractivity (Wildman–Crippen MR) is 50.8 cm³/mol. The zero-order chi connectivity index (χ0) is 11.0. The summed E-state index contributed by atoms with van der Waals surface area (Å²) >= 11 is 0. The SMILES string of the molecule is COC(=O)c1ccc2n1C(C)COC2=O. The van der Waals surface area contributed by atoms with E-state index in [1.54, 1.807) is 16.7 Å². The van der Waals surface area contributed by atoms with Gasteiger partial charge in [0.25, 0.3) is 0 Å². The Kier molecular flexibility index (Phi) is 2.22. The molecule has 0 spiro atoms. The van der Waals surface area contributed by atoms with Gasteiger partial charge in [-0.1, -0.05) is 0 Å². The van der Waals surface area contributed by atoms with Gasteiger partial charge in [0.15, 0.2) is 0 Å².